The van der Waals surface area contributed by atoms with Gasteiger partial charge >= 0.3 is 12.1 Å². The van der Waals surface area contributed by atoms with Crippen molar-refractivity contribution in [2.45, 2.75) is 44.2 Å². The van der Waals surface area contributed by atoms with Crippen molar-refractivity contribution in [3.8, 4) is 11.1 Å². The van der Waals surface area contributed by atoms with Crippen molar-refractivity contribution < 1.29 is 24.2 Å². The van der Waals surface area contributed by atoms with Crippen LogP contribution in [0.15, 0.2) is 48.5 Å². The van der Waals surface area contributed by atoms with Crippen LogP contribution in [0.25, 0.3) is 11.1 Å². The Morgan fingerprint density at radius 3 is 2.23 bits per heavy atom. The molecule has 2 aromatic carbocycles. The van der Waals surface area contributed by atoms with Crippen LogP contribution in [-0.4, -0.2) is 53.2 Å². The number of alkyl carbamates (subject to hydrolysis) is 1. The van der Waals surface area contributed by atoms with Crippen LogP contribution in [0.1, 0.15) is 43.2 Å². The number of hydrogen-bond acceptors (Lipinski definition) is 4. The minimum absolute atomic E-state index is 0.105. The molecule has 7 heteroatoms. The molecule has 2 aliphatic rings. The lowest BCUT2D eigenvalue weighted by molar-refractivity contribution is -0.146. The van der Waals surface area contributed by atoms with Gasteiger partial charge in [-0.25, -0.2) is 4.79 Å². The Morgan fingerprint density at radius 1 is 1.10 bits per heavy atom. The van der Waals surface area contributed by atoms with Crippen LogP contribution >= 0.6 is 0 Å². The van der Waals surface area contributed by atoms with Crippen LogP contribution < -0.4 is 5.32 Å². The van der Waals surface area contributed by atoms with Gasteiger partial charge in [-0.15, -0.1) is 0 Å². The number of rotatable bonds is 7. The smallest absolute Gasteiger partial charge is 0.407 e. The van der Waals surface area contributed by atoms with Crippen LogP contribution in [0.3, 0.4) is 0 Å². The SMILES string of the molecule is CCC1CCN1C(=O)C(CC(=O)O)NC(=O)OCC1c2ccccc2-c2ccccc21. The molecule has 162 valence electrons. The van der Waals surface area contributed by atoms with E-state index in [-0.39, 0.29) is 24.5 Å². The number of carbonyl (C=O) groups excluding carboxylic acids is 2. The lowest BCUT2D eigenvalue weighted by atomic mass is 9.98. The number of carbonyl (C=O) groups is 3. The Labute approximate surface area is 181 Å². The van der Waals surface area contributed by atoms with E-state index in [1.165, 1.54) is 0 Å². The summed E-state index contributed by atoms with van der Waals surface area (Å²) in [5.41, 5.74) is 4.41. The number of nitrogens with one attached hydrogen (secondary N) is 1. The van der Waals surface area contributed by atoms with Gasteiger partial charge in [-0.2, -0.15) is 0 Å². The first-order valence-corrected chi connectivity index (χ1v) is 10.6. The van der Waals surface area contributed by atoms with E-state index in [1.54, 1.807) is 4.90 Å². The Balaban J connectivity index is 1.43. The fourth-order valence-corrected chi connectivity index (χ4v) is 4.51. The van der Waals surface area contributed by atoms with Gasteiger partial charge in [-0.05, 0) is 35.1 Å². The minimum Gasteiger partial charge on any atom is -0.481 e. The third-order valence-electron chi connectivity index (χ3n) is 6.21. The molecule has 1 saturated heterocycles. The summed E-state index contributed by atoms with van der Waals surface area (Å²) in [6, 6.07) is 15.0. The molecule has 31 heavy (non-hydrogen) atoms. The molecule has 0 saturated carbocycles. The Morgan fingerprint density at radius 2 is 1.71 bits per heavy atom. The first-order valence-electron chi connectivity index (χ1n) is 10.6. The molecular formula is C24H26N2O5. The van der Waals surface area contributed by atoms with Crippen molar-refractivity contribution in [1.82, 2.24) is 10.2 Å². The fourth-order valence-electron chi connectivity index (χ4n) is 4.51. The van der Waals surface area contributed by atoms with Gasteiger partial charge in [-0.1, -0.05) is 55.5 Å². The maximum absolute atomic E-state index is 12.7. The third-order valence-corrected chi connectivity index (χ3v) is 6.21. The molecular weight excluding hydrogens is 396 g/mol. The molecule has 4 rings (SSSR count). The molecule has 2 aromatic rings. The molecule has 0 bridgehead atoms. The molecule has 7 nitrogen and oxygen atoms in total. The van der Waals surface area contributed by atoms with Crippen molar-refractivity contribution in [3.63, 3.8) is 0 Å². The average molecular weight is 422 g/mol. The van der Waals surface area contributed by atoms with E-state index in [0.29, 0.717) is 6.54 Å². The summed E-state index contributed by atoms with van der Waals surface area (Å²) in [5, 5.41) is 11.7. The summed E-state index contributed by atoms with van der Waals surface area (Å²) < 4.78 is 5.47. The van der Waals surface area contributed by atoms with E-state index in [1.807, 2.05) is 55.5 Å². The summed E-state index contributed by atoms with van der Waals surface area (Å²) in [7, 11) is 0. The Hall–Kier alpha value is -3.35. The van der Waals surface area contributed by atoms with Crippen LogP contribution in [0.5, 0.6) is 0 Å². The Kier molecular flexibility index (Phi) is 5.93. The first kappa shape index (κ1) is 20.9. The van der Waals surface area contributed by atoms with Crippen LogP contribution in [0.2, 0.25) is 0 Å². The van der Waals surface area contributed by atoms with E-state index in [2.05, 4.69) is 5.32 Å². The number of carboxylic acids is 1. The van der Waals surface area contributed by atoms with Gasteiger partial charge in [0.25, 0.3) is 0 Å². The summed E-state index contributed by atoms with van der Waals surface area (Å²) in [5.74, 6) is -1.62. The van der Waals surface area contributed by atoms with Gasteiger partial charge in [0.15, 0.2) is 0 Å². The lowest BCUT2D eigenvalue weighted by Gasteiger charge is -2.42. The van der Waals surface area contributed by atoms with Crippen molar-refractivity contribution >= 4 is 18.0 Å². The summed E-state index contributed by atoms with van der Waals surface area (Å²) in [6.07, 6.45) is 0.439. The van der Waals surface area contributed by atoms with E-state index >= 15 is 0 Å². The molecule has 1 fully saturated rings. The van der Waals surface area contributed by atoms with Crippen molar-refractivity contribution in [2.24, 2.45) is 0 Å². The molecule has 2 N–H and O–H groups in total. The molecule has 2 unspecified atom stereocenters. The molecule has 0 aromatic heterocycles. The maximum Gasteiger partial charge on any atom is 0.407 e. The van der Waals surface area contributed by atoms with Gasteiger partial charge < -0.3 is 20.1 Å². The van der Waals surface area contributed by atoms with Gasteiger partial charge in [-0.3, -0.25) is 9.59 Å². The number of carboxylic acid groups (broad SMARTS) is 1. The van der Waals surface area contributed by atoms with Crippen LogP contribution in [-0.2, 0) is 14.3 Å². The number of aliphatic carboxylic acids is 1. The maximum atomic E-state index is 12.7. The standard InChI is InChI=1S/C24H26N2O5/c1-2-15-11-12-26(15)23(29)21(13-22(27)28)25-24(30)31-14-20-18-9-5-3-7-16(18)17-8-4-6-10-19(17)20/h3-10,15,20-21H,2,11-14H2,1H3,(H,25,30)(H,27,28). The predicted molar refractivity (Wildman–Crippen MR) is 115 cm³/mol. The van der Waals surface area contributed by atoms with Crippen LogP contribution in [0, 0.1) is 0 Å². The quantitative estimate of drug-likeness (QED) is 0.713. The second kappa shape index (κ2) is 8.79. The second-order valence-corrected chi connectivity index (χ2v) is 8.00. The van der Waals surface area contributed by atoms with Crippen molar-refractivity contribution in [1.29, 1.82) is 0 Å². The number of fused-ring (bicyclic) bond motifs is 3. The summed E-state index contributed by atoms with van der Waals surface area (Å²) in [6.45, 7) is 2.67. The zero-order valence-electron chi connectivity index (χ0n) is 17.4. The topological polar surface area (TPSA) is 95.9 Å². The largest absolute Gasteiger partial charge is 0.481 e. The third kappa shape index (κ3) is 4.13. The zero-order chi connectivity index (χ0) is 22.0. The summed E-state index contributed by atoms with van der Waals surface area (Å²) in [4.78, 5) is 38.1. The highest BCUT2D eigenvalue weighted by molar-refractivity contribution is 5.90. The van der Waals surface area contributed by atoms with Gasteiger partial charge in [0, 0.05) is 18.5 Å². The average Bonchev–Trinajstić information content (AvgIpc) is 3.05. The number of amides is 2. The molecule has 1 heterocycles. The molecule has 1 aliphatic heterocycles. The zero-order valence-corrected chi connectivity index (χ0v) is 17.4. The van der Waals surface area contributed by atoms with Gasteiger partial charge in [0.05, 0.1) is 6.42 Å². The highest BCUT2D eigenvalue weighted by Gasteiger charge is 2.37. The second-order valence-electron chi connectivity index (χ2n) is 8.00. The fraction of sp³-hybridized carbons (Fsp3) is 0.375. The molecule has 0 spiro atoms. The molecule has 2 amide bonds. The summed E-state index contributed by atoms with van der Waals surface area (Å²) >= 11 is 0. The van der Waals surface area contributed by atoms with Crippen LogP contribution in [0.4, 0.5) is 4.79 Å². The Bertz CT molecular complexity index is 957. The van der Waals surface area contributed by atoms with E-state index in [0.717, 1.165) is 35.1 Å². The molecule has 2 atom stereocenters. The van der Waals surface area contributed by atoms with Gasteiger partial charge in [0.1, 0.15) is 12.6 Å². The van der Waals surface area contributed by atoms with E-state index in [4.69, 9.17) is 4.74 Å². The normalized spacial score (nSPS) is 17.8. The minimum atomic E-state index is -1.15. The number of likely N-dealkylation sites (tertiary alicyclic amines) is 1. The molecule has 1 aliphatic carbocycles. The monoisotopic (exact) mass is 422 g/mol. The van der Waals surface area contributed by atoms with Crippen molar-refractivity contribution in [2.75, 3.05) is 13.2 Å². The van der Waals surface area contributed by atoms with Gasteiger partial charge in [0.2, 0.25) is 5.91 Å². The number of hydrogen-bond donors (Lipinski definition) is 2. The lowest BCUT2D eigenvalue weighted by Crippen LogP contribution is -2.58. The number of nitrogens with zero attached hydrogens (tertiary/aromatic N) is 1. The number of ether oxygens (including phenoxy) is 1. The van der Waals surface area contributed by atoms with E-state index in [9.17, 15) is 19.5 Å². The predicted octanol–water partition coefficient (Wildman–Crippen LogP) is 3.38. The first-order chi connectivity index (χ1) is 15.0. The molecule has 0 radical (unpaired) electrons. The van der Waals surface area contributed by atoms with E-state index < -0.39 is 24.5 Å². The van der Waals surface area contributed by atoms with Crippen molar-refractivity contribution in [3.05, 3.63) is 59.7 Å². The highest BCUT2D eigenvalue weighted by Crippen LogP contribution is 2.44. The number of benzene rings is 2. The highest BCUT2D eigenvalue weighted by atomic mass is 16.5.